The van der Waals surface area contributed by atoms with Gasteiger partial charge in [-0.25, -0.2) is 4.98 Å². The number of nitrogens with one attached hydrogen (secondary N) is 2. The van der Waals surface area contributed by atoms with Gasteiger partial charge in [-0.1, -0.05) is 6.07 Å². The Morgan fingerprint density at radius 3 is 2.67 bits per heavy atom. The van der Waals surface area contributed by atoms with Crippen molar-refractivity contribution in [3.8, 4) is 17.0 Å². The summed E-state index contributed by atoms with van der Waals surface area (Å²) in [5.41, 5.74) is 4.95. The average molecular weight is 584 g/mol. The molecular weight excluding hydrogens is 546 g/mol. The molecule has 5 heterocycles. The average Bonchev–Trinajstić information content (AvgIpc) is 3.73. The molecule has 2 N–H and O–H groups in total. The molecule has 42 heavy (non-hydrogen) atoms. The third-order valence-corrected chi connectivity index (χ3v) is 9.94. The highest BCUT2D eigenvalue weighted by Gasteiger charge is 2.31. The molecule has 1 aliphatic heterocycles. The Hall–Kier alpha value is -3.73. The normalized spacial score (nSPS) is 20.4. The number of anilines is 1. The summed E-state index contributed by atoms with van der Waals surface area (Å²) >= 11 is 1.58. The van der Waals surface area contributed by atoms with Crippen LogP contribution in [0.3, 0.4) is 0 Å². The lowest BCUT2D eigenvalue weighted by atomic mass is 9.84. The molecule has 1 saturated carbocycles. The van der Waals surface area contributed by atoms with Gasteiger partial charge in [0.25, 0.3) is 5.91 Å². The molecule has 5 aromatic rings. The molecule has 218 valence electrons. The van der Waals surface area contributed by atoms with Crippen LogP contribution in [0.1, 0.15) is 53.6 Å². The van der Waals surface area contributed by atoms with Crippen LogP contribution in [0, 0.1) is 6.92 Å². The Kier molecular flexibility index (Phi) is 7.21. The summed E-state index contributed by atoms with van der Waals surface area (Å²) < 4.78 is 8.00. The minimum atomic E-state index is -0.202. The number of carbonyl (C=O) groups excluding carboxylic acids is 1. The molecule has 1 saturated heterocycles. The van der Waals surface area contributed by atoms with E-state index in [1.165, 1.54) is 25.9 Å². The number of thiophene rings is 1. The number of carbonyl (C=O) groups is 1. The number of nitrogens with zero attached hydrogens (tertiary/aromatic N) is 5. The summed E-state index contributed by atoms with van der Waals surface area (Å²) in [5, 5.41) is 6.05. The van der Waals surface area contributed by atoms with Crippen LogP contribution in [0.25, 0.3) is 27.0 Å². The molecule has 1 aliphatic carbocycles. The van der Waals surface area contributed by atoms with Crippen molar-refractivity contribution >= 4 is 38.7 Å². The van der Waals surface area contributed by atoms with Crippen molar-refractivity contribution < 1.29 is 9.53 Å². The fourth-order valence-corrected chi connectivity index (χ4v) is 7.48. The van der Waals surface area contributed by atoms with E-state index in [9.17, 15) is 4.79 Å². The van der Waals surface area contributed by atoms with Crippen LogP contribution in [0.2, 0.25) is 0 Å². The molecule has 0 unspecified atom stereocenters. The number of aryl methyl sites for hydroxylation is 1. The van der Waals surface area contributed by atoms with Gasteiger partial charge >= 0.3 is 0 Å². The number of methoxy groups -OCH3 is 1. The van der Waals surface area contributed by atoms with E-state index < -0.39 is 0 Å². The highest BCUT2D eigenvalue weighted by Crippen LogP contribution is 2.39. The number of likely N-dealkylation sites (N-methyl/N-ethyl adjacent to an activating group) is 1. The molecule has 2 aliphatic rings. The highest BCUT2D eigenvalue weighted by atomic mass is 32.1. The number of aromatic nitrogens is 4. The predicted octanol–water partition coefficient (Wildman–Crippen LogP) is 5.78. The molecule has 0 atom stereocenters. The molecule has 0 radical (unpaired) electrons. The van der Waals surface area contributed by atoms with Gasteiger partial charge < -0.3 is 19.9 Å². The first-order valence-corrected chi connectivity index (χ1v) is 15.7. The zero-order valence-electron chi connectivity index (χ0n) is 24.4. The van der Waals surface area contributed by atoms with Gasteiger partial charge in [-0.15, -0.1) is 11.3 Å². The van der Waals surface area contributed by atoms with Gasteiger partial charge in [0.05, 0.1) is 29.7 Å². The zero-order chi connectivity index (χ0) is 28.8. The van der Waals surface area contributed by atoms with Crippen molar-refractivity contribution in [2.24, 2.45) is 0 Å². The van der Waals surface area contributed by atoms with Crippen LogP contribution in [0.4, 0.5) is 5.69 Å². The number of hydrogen-bond donors (Lipinski definition) is 2. The van der Waals surface area contributed by atoms with Crippen molar-refractivity contribution in [1.82, 2.24) is 29.2 Å². The number of H-pyrrole nitrogens is 1. The van der Waals surface area contributed by atoms with E-state index in [2.05, 4.69) is 36.5 Å². The quantitative estimate of drug-likeness (QED) is 0.263. The minimum Gasteiger partial charge on any atom is -0.495 e. The first-order valence-electron chi connectivity index (χ1n) is 14.8. The van der Waals surface area contributed by atoms with Gasteiger partial charge in [0.15, 0.2) is 0 Å². The molecule has 1 aromatic carbocycles. The number of aromatic amines is 1. The molecule has 0 spiro atoms. The Morgan fingerprint density at radius 2 is 1.90 bits per heavy atom. The second kappa shape index (κ2) is 11.2. The molecule has 10 heteroatoms. The molecule has 9 nitrogen and oxygen atoms in total. The van der Waals surface area contributed by atoms with Crippen molar-refractivity contribution in [2.75, 3.05) is 45.7 Å². The predicted molar refractivity (Wildman–Crippen MR) is 168 cm³/mol. The van der Waals surface area contributed by atoms with E-state index in [-0.39, 0.29) is 5.91 Å². The summed E-state index contributed by atoms with van der Waals surface area (Å²) in [6.45, 7) is 6.72. The van der Waals surface area contributed by atoms with Gasteiger partial charge in [-0.2, -0.15) is 0 Å². The van der Waals surface area contributed by atoms with Crippen molar-refractivity contribution in [3.05, 3.63) is 65.3 Å². The smallest absolute Gasteiger partial charge is 0.272 e. The third kappa shape index (κ3) is 4.97. The first-order chi connectivity index (χ1) is 20.5. The highest BCUT2D eigenvalue weighted by molar-refractivity contribution is 7.16. The lowest BCUT2D eigenvalue weighted by molar-refractivity contribution is 0.0872. The largest absolute Gasteiger partial charge is 0.495 e. The standard InChI is InChI=1S/C32H37N7O2S/c1-20-29-28(22-6-9-25(27(19-22)41-3)34-31(40)26-18-23-10-17-42-32(23)35-26)36-30(39(29)12-11-33-20)21-4-7-24(8-5-21)38-15-13-37(2)14-16-38/h6,9-12,17-19,21,24,35H,4-5,7-8,13-16H2,1-3H3,(H,34,40)/t21-,24-. The third-order valence-electron chi connectivity index (χ3n) is 9.09. The summed E-state index contributed by atoms with van der Waals surface area (Å²) in [7, 11) is 3.85. The van der Waals surface area contributed by atoms with Crippen LogP contribution in [0.5, 0.6) is 5.75 Å². The number of rotatable bonds is 6. The Balaban J connectivity index is 1.15. The van der Waals surface area contributed by atoms with E-state index >= 15 is 0 Å². The molecule has 7 rings (SSSR count). The Bertz CT molecular complexity index is 1710. The van der Waals surface area contributed by atoms with Gasteiger partial charge in [-0.05, 0) is 69.3 Å². The van der Waals surface area contributed by atoms with Crippen molar-refractivity contribution in [2.45, 2.75) is 44.6 Å². The fourth-order valence-electron chi connectivity index (χ4n) is 6.70. The number of imidazole rings is 1. The second-order valence-corrected chi connectivity index (χ2v) is 12.6. The fraction of sp³-hybridized carbons (Fsp3) is 0.406. The van der Waals surface area contributed by atoms with E-state index in [0.29, 0.717) is 29.1 Å². The van der Waals surface area contributed by atoms with Crippen molar-refractivity contribution in [1.29, 1.82) is 0 Å². The van der Waals surface area contributed by atoms with E-state index in [1.807, 2.05) is 55.0 Å². The molecular formula is C32H37N7O2S. The Labute approximate surface area is 249 Å². The summed E-state index contributed by atoms with van der Waals surface area (Å²) in [6.07, 6.45) is 8.63. The van der Waals surface area contributed by atoms with Crippen molar-refractivity contribution in [3.63, 3.8) is 0 Å². The summed E-state index contributed by atoms with van der Waals surface area (Å²) in [5.74, 6) is 1.91. The lowest BCUT2D eigenvalue weighted by Gasteiger charge is -2.41. The number of fused-ring (bicyclic) bond motifs is 2. The number of amides is 1. The SMILES string of the molecule is COc1cc(-c2nc([C@H]3CC[C@H](N4CCN(C)CC4)CC3)n3ccnc(C)c23)ccc1NC(=O)c1cc2ccsc2[nH]1. The first kappa shape index (κ1) is 27.1. The van der Waals surface area contributed by atoms with Crippen LogP contribution in [0.15, 0.2) is 48.1 Å². The van der Waals surface area contributed by atoms with Gasteiger partial charge in [0, 0.05) is 61.5 Å². The maximum absolute atomic E-state index is 13.0. The Morgan fingerprint density at radius 1 is 1.10 bits per heavy atom. The van der Waals surface area contributed by atoms with Crippen LogP contribution in [-0.4, -0.2) is 81.4 Å². The summed E-state index contributed by atoms with van der Waals surface area (Å²) in [6, 6.07) is 10.4. The number of piperazine rings is 1. The maximum Gasteiger partial charge on any atom is 0.272 e. The van der Waals surface area contributed by atoms with Gasteiger partial charge in [0.2, 0.25) is 0 Å². The lowest BCUT2D eigenvalue weighted by Crippen LogP contribution is -2.49. The second-order valence-electron chi connectivity index (χ2n) is 11.7. The number of hydrogen-bond acceptors (Lipinski definition) is 7. The van der Waals surface area contributed by atoms with E-state index in [4.69, 9.17) is 9.72 Å². The van der Waals surface area contributed by atoms with Crippen LogP contribution < -0.4 is 10.1 Å². The van der Waals surface area contributed by atoms with Crippen LogP contribution >= 0.6 is 11.3 Å². The van der Waals surface area contributed by atoms with E-state index in [0.717, 1.165) is 64.4 Å². The minimum absolute atomic E-state index is 0.202. The monoisotopic (exact) mass is 583 g/mol. The van der Waals surface area contributed by atoms with Gasteiger partial charge in [-0.3, -0.25) is 19.1 Å². The van der Waals surface area contributed by atoms with E-state index in [1.54, 1.807) is 18.4 Å². The number of ether oxygens (including phenoxy) is 1. The van der Waals surface area contributed by atoms with Crippen LogP contribution in [-0.2, 0) is 0 Å². The number of benzene rings is 1. The summed E-state index contributed by atoms with van der Waals surface area (Å²) in [4.78, 5) is 32.2. The van der Waals surface area contributed by atoms with Gasteiger partial charge in [0.1, 0.15) is 22.1 Å². The maximum atomic E-state index is 13.0. The molecule has 0 bridgehead atoms. The molecule has 4 aromatic heterocycles. The zero-order valence-corrected chi connectivity index (χ0v) is 25.2. The molecule has 1 amide bonds. The topological polar surface area (TPSA) is 90.8 Å². The molecule has 2 fully saturated rings.